The molecule has 1 atom stereocenters. The molecule has 174 valence electrons. The van der Waals surface area contributed by atoms with E-state index in [2.05, 4.69) is 28.0 Å². The molecule has 1 aliphatic rings. The molecule has 1 N–H and O–H groups in total. The monoisotopic (exact) mass is 457 g/mol. The van der Waals surface area contributed by atoms with Gasteiger partial charge in [-0.1, -0.05) is 48.5 Å². The Kier molecular flexibility index (Phi) is 6.70. The number of fused-ring (bicyclic) bond motifs is 1. The zero-order chi connectivity index (χ0) is 23.3. The minimum absolute atomic E-state index is 0.243. The van der Waals surface area contributed by atoms with Crippen LogP contribution in [0.25, 0.3) is 22.0 Å². The number of hydrogen-bond donors (Lipinski definition) is 1. The van der Waals surface area contributed by atoms with E-state index in [0.29, 0.717) is 6.54 Å². The van der Waals surface area contributed by atoms with E-state index < -0.39 is 6.10 Å². The molecule has 1 unspecified atom stereocenters. The number of aromatic nitrogens is 1. The first kappa shape index (κ1) is 22.3. The Bertz CT molecular complexity index is 1230. The molecule has 4 aromatic rings. The summed E-state index contributed by atoms with van der Waals surface area (Å²) in [5.41, 5.74) is 2.87. The number of ether oxygens (including phenoxy) is 1. The van der Waals surface area contributed by atoms with Gasteiger partial charge in [-0.25, -0.2) is 9.37 Å². The third kappa shape index (κ3) is 5.19. The molecule has 6 heteroatoms. The van der Waals surface area contributed by atoms with E-state index in [1.165, 1.54) is 12.1 Å². The lowest BCUT2D eigenvalue weighted by molar-refractivity contribution is 0.0662. The number of para-hydroxylation sites is 2. The Balaban J connectivity index is 1.22. The second-order valence-corrected chi connectivity index (χ2v) is 8.62. The molecule has 0 spiro atoms. The van der Waals surface area contributed by atoms with Crippen LogP contribution in [0.4, 0.5) is 10.2 Å². The zero-order valence-electron chi connectivity index (χ0n) is 19.0. The Morgan fingerprint density at radius 3 is 2.38 bits per heavy atom. The smallest absolute Gasteiger partial charge is 0.129 e. The number of rotatable bonds is 7. The van der Waals surface area contributed by atoms with Gasteiger partial charge in [-0.15, -0.1) is 0 Å². The second-order valence-electron chi connectivity index (χ2n) is 8.62. The molecule has 0 radical (unpaired) electrons. The van der Waals surface area contributed by atoms with Crippen molar-refractivity contribution < 1.29 is 14.2 Å². The van der Waals surface area contributed by atoms with E-state index >= 15 is 0 Å². The zero-order valence-corrected chi connectivity index (χ0v) is 19.0. The fourth-order valence-corrected chi connectivity index (χ4v) is 4.39. The summed E-state index contributed by atoms with van der Waals surface area (Å²) in [5, 5.41) is 11.5. The van der Waals surface area contributed by atoms with E-state index in [0.717, 1.165) is 59.8 Å². The van der Waals surface area contributed by atoms with Crippen LogP contribution in [0.15, 0.2) is 84.9 Å². The summed E-state index contributed by atoms with van der Waals surface area (Å²) >= 11 is 0. The molecule has 34 heavy (non-hydrogen) atoms. The maximum absolute atomic E-state index is 13.4. The van der Waals surface area contributed by atoms with E-state index in [1.807, 2.05) is 42.5 Å². The van der Waals surface area contributed by atoms with Gasteiger partial charge in [0.2, 0.25) is 0 Å². The Labute approximate surface area is 199 Å². The van der Waals surface area contributed by atoms with Crippen LogP contribution in [-0.4, -0.2) is 60.4 Å². The number of aliphatic hydroxyl groups is 1. The Morgan fingerprint density at radius 2 is 1.62 bits per heavy atom. The maximum Gasteiger partial charge on any atom is 0.129 e. The molecule has 1 aliphatic heterocycles. The number of hydrogen-bond acceptors (Lipinski definition) is 5. The topological polar surface area (TPSA) is 48.8 Å². The first-order chi connectivity index (χ1) is 16.7. The van der Waals surface area contributed by atoms with Crippen molar-refractivity contribution in [2.75, 3.05) is 44.2 Å². The van der Waals surface area contributed by atoms with Crippen LogP contribution in [-0.2, 0) is 0 Å². The van der Waals surface area contributed by atoms with Crippen LogP contribution in [0.5, 0.6) is 5.75 Å². The highest BCUT2D eigenvalue weighted by molar-refractivity contribution is 5.94. The van der Waals surface area contributed by atoms with Gasteiger partial charge in [-0.05, 0) is 42.0 Å². The third-order valence-corrected chi connectivity index (χ3v) is 6.21. The van der Waals surface area contributed by atoms with Gasteiger partial charge in [0.05, 0.1) is 5.52 Å². The minimum atomic E-state index is -0.538. The van der Waals surface area contributed by atoms with Crippen LogP contribution in [0.3, 0.4) is 0 Å². The lowest BCUT2D eigenvalue weighted by Gasteiger charge is -2.36. The minimum Gasteiger partial charge on any atom is -0.491 e. The van der Waals surface area contributed by atoms with Crippen LogP contribution in [0.1, 0.15) is 0 Å². The Morgan fingerprint density at radius 1 is 0.853 bits per heavy atom. The maximum atomic E-state index is 13.4. The molecule has 1 saturated heterocycles. The number of aliphatic hydroxyl groups excluding tert-OH is 1. The molecular formula is C28H28FN3O2. The summed E-state index contributed by atoms with van der Waals surface area (Å²) in [7, 11) is 0. The molecular weight excluding hydrogens is 429 g/mol. The standard InChI is InChI=1S/C28H28FN3O2/c29-23-12-9-21(10-13-23)26-8-4-5-22-11-14-27(30-28(22)26)32-17-15-31(16-18-32)19-24(33)20-34-25-6-2-1-3-7-25/h1-14,24,33H,15-20H2. The fraction of sp³-hybridized carbons (Fsp3) is 0.250. The van der Waals surface area contributed by atoms with Crippen molar-refractivity contribution >= 4 is 16.7 Å². The van der Waals surface area contributed by atoms with Gasteiger partial charge in [0.25, 0.3) is 0 Å². The number of anilines is 1. The van der Waals surface area contributed by atoms with Gasteiger partial charge in [0.15, 0.2) is 0 Å². The predicted molar refractivity (Wildman–Crippen MR) is 134 cm³/mol. The van der Waals surface area contributed by atoms with Gasteiger partial charge in [0, 0.05) is 43.7 Å². The van der Waals surface area contributed by atoms with Crippen molar-refractivity contribution in [1.29, 1.82) is 0 Å². The highest BCUT2D eigenvalue weighted by Gasteiger charge is 2.21. The van der Waals surface area contributed by atoms with Crippen molar-refractivity contribution in [3.63, 3.8) is 0 Å². The lowest BCUT2D eigenvalue weighted by Crippen LogP contribution is -2.49. The SMILES string of the molecule is OC(COc1ccccc1)CN1CCN(c2ccc3cccc(-c4ccc(F)cc4)c3n2)CC1. The molecule has 0 saturated carbocycles. The number of benzene rings is 3. The van der Waals surface area contributed by atoms with Gasteiger partial charge < -0.3 is 14.7 Å². The molecule has 3 aromatic carbocycles. The molecule has 1 aromatic heterocycles. The average molecular weight is 458 g/mol. The molecule has 0 bridgehead atoms. The van der Waals surface area contributed by atoms with E-state index in [1.54, 1.807) is 12.1 Å². The van der Waals surface area contributed by atoms with Crippen molar-refractivity contribution in [3.8, 4) is 16.9 Å². The summed E-state index contributed by atoms with van der Waals surface area (Å²) in [6.45, 7) is 4.24. The first-order valence-electron chi connectivity index (χ1n) is 11.6. The first-order valence-corrected chi connectivity index (χ1v) is 11.6. The number of halogens is 1. The van der Waals surface area contributed by atoms with Crippen LogP contribution < -0.4 is 9.64 Å². The van der Waals surface area contributed by atoms with Gasteiger partial charge in [0.1, 0.15) is 30.1 Å². The highest BCUT2D eigenvalue weighted by atomic mass is 19.1. The number of nitrogens with zero attached hydrogens (tertiary/aromatic N) is 3. The van der Waals surface area contributed by atoms with Gasteiger partial charge in [-0.2, -0.15) is 0 Å². The summed E-state index contributed by atoms with van der Waals surface area (Å²) in [6.07, 6.45) is -0.538. The second kappa shape index (κ2) is 10.2. The van der Waals surface area contributed by atoms with Crippen LogP contribution in [0.2, 0.25) is 0 Å². The molecule has 5 rings (SSSR count). The lowest BCUT2D eigenvalue weighted by atomic mass is 10.0. The quantitative estimate of drug-likeness (QED) is 0.440. The number of β-amino-alcohol motifs (C(OH)–C–C–N with tert-alkyl or cyclic N) is 1. The molecule has 2 heterocycles. The van der Waals surface area contributed by atoms with E-state index in [4.69, 9.17) is 9.72 Å². The molecule has 5 nitrogen and oxygen atoms in total. The average Bonchev–Trinajstić information content (AvgIpc) is 2.88. The number of pyridine rings is 1. The summed E-state index contributed by atoms with van der Waals surface area (Å²) in [6, 6.07) is 26.4. The summed E-state index contributed by atoms with van der Waals surface area (Å²) < 4.78 is 19.1. The third-order valence-electron chi connectivity index (χ3n) is 6.21. The van der Waals surface area contributed by atoms with Crippen LogP contribution >= 0.6 is 0 Å². The molecule has 0 aliphatic carbocycles. The largest absolute Gasteiger partial charge is 0.491 e. The normalized spacial score (nSPS) is 15.4. The summed E-state index contributed by atoms with van der Waals surface area (Å²) in [5.74, 6) is 1.47. The number of piperazine rings is 1. The van der Waals surface area contributed by atoms with Crippen molar-refractivity contribution in [2.24, 2.45) is 0 Å². The summed E-state index contributed by atoms with van der Waals surface area (Å²) in [4.78, 5) is 9.54. The van der Waals surface area contributed by atoms with Crippen molar-refractivity contribution in [2.45, 2.75) is 6.10 Å². The van der Waals surface area contributed by atoms with Gasteiger partial charge in [-0.3, -0.25) is 4.90 Å². The molecule has 1 fully saturated rings. The fourth-order valence-electron chi connectivity index (χ4n) is 4.39. The van der Waals surface area contributed by atoms with Gasteiger partial charge >= 0.3 is 0 Å². The highest BCUT2D eigenvalue weighted by Crippen LogP contribution is 2.29. The van der Waals surface area contributed by atoms with E-state index in [9.17, 15) is 9.50 Å². The Hall–Kier alpha value is -3.48. The predicted octanol–water partition coefficient (Wildman–Crippen LogP) is 4.60. The van der Waals surface area contributed by atoms with Crippen molar-refractivity contribution in [3.05, 3.63) is 90.7 Å². The molecule has 0 amide bonds. The van der Waals surface area contributed by atoms with E-state index in [-0.39, 0.29) is 12.4 Å². The van der Waals surface area contributed by atoms with Crippen LogP contribution in [0, 0.1) is 5.82 Å². The van der Waals surface area contributed by atoms with Crippen molar-refractivity contribution in [1.82, 2.24) is 9.88 Å².